The first-order valence-electron chi connectivity index (χ1n) is 9.34. The first kappa shape index (κ1) is 19.7. The van der Waals surface area contributed by atoms with Crippen LogP contribution in [0.1, 0.15) is 27.5 Å². The number of phenolic OH excluding ortho intramolecular Hbond substituents is 1. The van der Waals surface area contributed by atoms with Crippen LogP contribution in [0.5, 0.6) is 11.5 Å². The number of halogens is 1. The van der Waals surface area contributed by atoms with Crippen LogP contribution >= 0.6 is 11.6 Å². The molecule has 150 valence electrons. The van der Waals surface area contributed by atoms with E-state index in [2.05, 4.69) is 10.3 Å². The zero-order valence-electron chi connectivity index (χ0n) is 16.2. The minimum Gasteiger partial charge on any atom is -0.505 e. The molecular weight excluding hydrogens is 400 g/mol. The number of fused-ring (bicyclic) bond motifs is 1. The number of hydrogen-bond acceptors (Lipinski definition) is 4. The summed E-state index contributed by atoms with van der Waals surface area (Å²) in [6, 6.07) is 20.9. The Kier molecular flexibility index (Phi) is 5.55. The van der Waals surface area contributed by atoms with Crippen molar-refractivity contribution in [1.82, 2.24) is 10.3 Å². The zero-order chi connectivity index (χ0) is 21.1. The molecule has 2 N–H and O–H groups in total. The molecule has 0 aliphatic heterocycles. The average molecular weight is 419 g/mol. The number of benzene rings is 3. The van der Waals surface area contributed by atoms with Gasteiger partial charge in [-0.25, -0.2) is 0 Å². The first-order chi connectivity index (χ1) is 14.6. The van der Waals surface area contributed by atoms with Gasteiger partial charge in [-0.3, -0.25) is 9.78 Å². The van der Waals surface area contributed by atoms with E-state index in [-0.39, 0.29) is 11.7 Å². The normalized spacial score (nSPS) is 11.8. The number of rotatable bonds is 5. The summed E-state index contributed by atoms with van der Waals surface area (Å²) in [6.45, 7) is 0. The molecular formula is C24H19ClN2O3. The lowest BCUT2D eigenvalue weighted by molar-refractivity contribution is 0.0942. The number of carbonyl (C=O) groups is 1. The van der Waals surface area contributed by atoms with Crippen LogP contribution in [0.4, 0.5) is 0 Å². The smallest absolute Gasteiger partial charge is 0.252 e. The molecule has 0 aliphatic carbocycles. The minimum atomic E-state index is -0.631. The van der Waals surface area contributed by atoms with Gasteiger partial charge in [-0.2, -0.15) is 0 Å². The summed E-state index contributed by atoms with van der Waals surface area (Å²) < 4.78 is 5.22. The quantitative estimate of drug-likeness (QED) is 0.471. The largest absolute Gasteiger partial charge is 0.505 e. The number of hydrogen-bond donors (Lipinski definition) is 2. The Balaban J connectivity index is 1.81. The average Bonchev–Trinajstić information content (AvgIpc) is 2.80. The van der Waals surface area contributed by atoms with Crippen LogP contribution < -0.4 is 10.1 Å². The van der Waals surface area contributed by atoms with Gasteiger partial charge in [-0.15, -0.1) is 0 Å². The number of ether oxygens (including phenoxy) is 1. The molecule has 3 aromatic carbocycles. The van der Waals surface area contributed by atoms with Gasteiger partial charge in [0.2, 0.25) is 0 Å². The van der Waals surface area contributed by atoms with Crippen LogP contribution in [0.3, 0.4) is 0 Å². The predicted molar refractivity (Wildman–Crippen MR) is 117 cm³/mol. The summed E-state index contributed by atoms with van der Waals surface area (Å²) in [4.78, 5) is 17.3. The molecule has 6 heteroatoms. The van der Waals surface area contributed by atoms with Gasteiger partial charge in [0.25, 0.3) is 5.91 Å². The van der Waals surface area contributed by atoms with Crippen molar-refractivity contribution in [3.05, 3.63) is 101 Å². The van der Waals surface area contributed by atoms with Crippen LogP contribution in [0.15, 0.2) is 79.0 Å². The molecule has 1 heterocycles. The lowest BCUT2D eigenvalue weighted by atomic mass is 9.95. The van der Waals surface area contributed by atoms with Crippen molar-refractivity contribution < 1.29 is 14.6 Å². The van der Waals surface area contributed by atoms with E-state index >= 15 is 0 Å². The highest BCUT2D eigenvalue weighted by atomic mass is 35.5. The zero-order valence-corrected chi connectivity index (χ0v) is 16.9. The number of aromatic hydroxyl groups is 1. The van der Waals surface area contributed by atoms with E-state index in [4.69, 9.17) is 16.3 Å². The number of nitrogens with one attached hydrogen (secondary N) is 1. The van der Waals surface area contributed by atoms with Crippen LogP contribution in [-0.2, 0) is 0 Å². The number of carbonyl (C=O) groups excluding carboxylic acids is 1. The van der Waals surface area contributed by atoms with Crippen molar-refractivity contribution in [3.63, 3.8) is 0 Å². The SMILES string of the molecule is COc1cccc(C(=O)N[C@H](c2ccccc2)c2cc(Cl)c3cccnc3c2O)c1. The third-order valence-corrected chi connectivity index (χ3v) is 5.21. The number of phenols is 1. The molecule has 0 aliphatic rings. The molecule has 4 aromatic rings. The summed E-state index contributed by atoms with van der Waals surface area (Å²) in [5.41, 5.74) is 2.10. The van der Waals surface area contributed by atoms with Crippen molar-refractivity contribution >= 4 is 28.4 Å². The Labute approximate surface area is 178 Å². The number of amides is 1. The van der Waals surface area contributed by atoms with Gasteiger partial charge in [0.15, 0.2) is 0 Å². The lowest BCUT2D eigenvalue weighted by Crippen LogP contribution is -2.29. The summed E-state index contributed by atoms with van der Waals surface area (Å²) in [7, 11) is 1.55. The fourth-order valence-electron chi connectivity index (χ4n) is 3.39. The van der Waals surface area contributed by atoms with Gasteiger partial charge < -0.3 is 15.2 Å². The lowest BCUT2D eigenvalue weighted by Gasteiger charge is -2.22. The number of nitrogens with zero attached hydrogens (tertiary/aromatic N) is 1. The summed E-state index contributed by atoms with van der Waals surface area (Å²) in [5, 5.41) is 15.1. The fourth-order valence-corrected chi connectivity index (χ4v) is 3.66. The maximum absolute atomic E-state index is 13.0. The maximum atomic E-state index is 13.0. The van der Waals surface area contributed by atoms with E-state index in [0.29, 0.717) is 32.8 Å². The predicted octanol–water partition coefficient (Wildman–Crippen LogP) is 5.12. The van der Waals surface area contributed by atoms with Crippen molar-refractivity contribution in [1.29, 1.82) is 0 Å². The van der Waals surface area contributed by atoms with Crippen molar-refractivity contribution in [3.8, 4) is 11.5 Å². The van der Waals surface area contributed by atoms with Crippen molar-refractivity contribution in [2.45, 2.75) is 6.04 Å². The third kappa shape index (κ3) is 3.80. The molecule has 0 spiro atoms. The highest BCUT2D eigenvalue weighted by molar-refractivity contribution is 6.35. The second-order valence-corrected chi connectivity index (χ2v) is 7.15. The fraction of sp³-hybridized carbons (Fsp3) is 0.0833. The highest BCUT2D eigenvalue weighted by Gasteiger charge is 2.24. The van der Waals surface area contributed by atoms with Crippen LogP contribution in [0.2, 0.25) is 5.02 Å². The summed E-state index contributed by atoms with van der Waals surface area (Å²) in [5.74, 6) is 0.258. The molecule has 0 saturated heterocycles. The van der Waals surface area contributed by atoms with Crippen molar-refractivity contribution in [2.24, 2.45) is 0 Å². The van der Waals surface area contributed by atoms with Crippen LogP contribution in [0, 0.1) is 0 Å². The molecule has 4 rings (SSSR count). The first-order valence-corrected chi connectivity index (χ1v) is 9.72. The molecule has 0 unspecified atom stereocenters. The molecule has 0 bridgehead atoms. The highest BCUT2D eigenvalue weighted by Crippen LogP contribution is 2.38. The second-order valence-electron chi connectivity index (χ2n) is 6.74. The van der Waals surface area contributed by atoms with Gasteiger partial charge >= 0.3 is 0 Å². The second kappa shape index (κ2) is 8.43. The topological polar surface area (TPSA) is 71.5 Å². The number of aromatic nitrogens is 1. The molecule has 1 atom stereocenters. The molecule has 1 aromatic heterocycles. The van der Waals surface area contributed by atoms with Crippen LogP contribution in [-0.4, -0.2) is 23.1 Å². The van der Waals surface area contributed by atoms with Gasteiger partial charge in [0.05, 0.1) is 18.2 Å². The van der Waals surface area contributed by atoms with Gasteiger partial charge in [-0.1, -0.05) is 48.0 Å². The van der Waals surface area contributed by atoms with Gasteiger partial charge in [0, 0.05) is 22.7 Å². The van der Waals surface area contributed by atoms with E-state index in [1.165, 1.54) is 0 Å². The Morgan fingerprint density at radius 2 is 1.87 bits per heavy atom. The van der Waals surface area contributed by atoms with E-state index in [0.717, 1.165) is 5.56 Å². The number of methoxy groups -OCH3 is 1. The van der Waals surface area contributed by atoms with Gasteiger partial charge in [0.1, 0.15) is 17.0 Å². The molecule has 0 radical (unpaired) electrons. The Morgan fingerprint density at radius 1 is 1.07 bits per heavy atom. The standard InChI is InChI=1S/C24H19ClN2O3/c1-30-17-10-5-9-16(13-17)24(29)27-21(15-7-3-2-4-8-15)19-14-20(25)18-11-6-12-26-22(18)23(19)28/h2-14,21,28H,1H3,(H,27,29)/t21-/m1/s1. The molecule has 0 fully saturated rings. The van der Waals surface area contributed by atoms with E-state index in [1.54, 1.807) is 55.8 Å². The molecule has 30 heavy (non-hydrogen) atoms. The Morgan fingerprint density at radius 3 is 2.63 bits per heavy atom. The number of pyridine rings is 1. The monoisotopic (exact) mass is 418 g/mol. The summed E-state index contributed by atoms with van der Waals surface area (Å²) >= 11 is 6.48. The minimum absolute atomic E-state index is 0.0187. The van der Waals surface area contributed by atoms with E-state index < -0.39 is 6.04 Å². The van der Waals surface area contributed by atoms with E-state index in [1.807, 2.05) is 30.3 Å². The Bertz CT molecular complexity index is 1210. The maximum Gasteiger partial charge on any atom is 0.252 e. The summed E-state index contributed by atoms with van der Waals surface area (Å²) in [6.07, 6.45) is 1.59. The van der Waals surface area contributed by atoms with Crippen LogP contribution in [0.25, 0.3) is 10.9 Å². The molecule has 5 nitrogen and oxygen atoms in total. The van der Waals surface area contributed by atoms with Crippen molar-refractivity contribution in [2.75, 3.05) is 7.11 Å². The van der Waals surface area contributed by atoms with Gasteiger partial charge in [-0.05, 0) is 42.0 Å². The molecule has 0 saturated carbocycles. The third-order valence-electron chi connectivity index (χ3n) is 4.90. The Hall–Kier alpha value is -3.57. The molecule has 1 amide bonds. The van der Waals surface area contributed by atoms with E-state index in [9.17, 15) is 9.90 Å².